The van der Waals surface area contributed by atoms with E-state index in [0.717, 1.165) is 0 Å². The molecule has 222 valence electrons. The zero-order chi connectivity index (χ0) is 31.6. The van der Waals surface area contributed by atoms with Crippen LogP contribution in [0, 0.1) is 0 Å². The quantitative estimate of drug-likeness (QED) is 0.139. The predicted octanol–water partition coefficient (Wildman–Crippen LogP) is 13.6. The van der Waals surface area contributed by atoms with Crippen LogP contribution in [0.4, 0.5) is 0 Å². The monoisotopic (exact) mass is 606 g/mol. The van der Waals surface area contributed by atoms with E-state index in [9.17, 15) is 0 Å². The van der Waals surface area contributed by atoms with Crippen LogP contribution < -0.4 is 0 Å². The van der Waals surface area contributed by atoms with E-state index in [2.05, 4.69) is 182 Å². The lowest BCUT2D eigenvalue weighted by molar-refractivity contribution is 1.61. The first-order valence-corrected chi connectivity index (χ1v) is 16.7. The minimum absolute atomic E-state index is 1.22. The Morgan fingerprint density at radius 3 is 1.48 bits per heavy atom. The van der Waals surface area contributed by atoms with Gasteiger partial charge in [-0.2, -0.15) is 0 Å². The predicted molar refractivity (Wildman–Crippen MR) is 208 cm³/mol. The molecule has 0 atom stereocenters. The number of benzene rings is 10. The van der Waals surface area contributed by atoms with E-state index in [1.807, 2.05) is 0 Å². The highest BCUT2D eigenvalue weighted by Gasteiger charge is 2.21. The highest BCUT2D eigenvalue weighted by molar-refractivity contribution is 6.23. The van der Waals surface area contributed by atoms with Crippen LogP contribution in [-0.2, 0) is 0 Å². The van der Waals surface area contributed by atoms with Crippen molar-refractivity contribution in [3.63, 3.8) is 0 Å². The SMILES string of the molecule is c1ccc(-c2ccc3ccccc3c2-c2ccc3cc4ccccc4cc3c2-c2cccc3ccc4cc5ccccc5cc4c23)cc1. The van der Waals surface area contributed by atoms with Crippen LogP contribution in [0.5, 0.6) is 0 Å². The Kier molecular flexibility index (Phi) is 5.98. The molecule has 0 aromatic heterocycles. The zero-order valence-corrected chi connectivity index (χ0v) is 26.3. The van der Waals surface area contributed by atoms with E-state index < -0.39 is 0 Å². The Bertz CT molecular complexity index is 2880. The number of hydrogen-bond acceptors (Lipinski definition) is 0. The van der Waals surface area contributed by atoms with Gasteiger partial charge in [-0.3, -0.25) is 0 Å². The van der Waals surface area contributed by atoms with Crippen molar-refractivity contribution in [2.45, 2.75) is 0 Å². The fraction of sp³-hybridized carbons (Fsp3) is 0. The van der Waals surface area contributed by atoms with Crippen LogP contribution in [0.1, 0.15) is 0 Å². The van der Waals surface area contributed by atoms with Crippen molar-refractivity contribution in [2.75, 3.05) is 0 Å². The number of hydrogen-bond donors (Lipinski definition) is 0. The molecule has 10 rings (SSSR count). The topological polar surface area (TPSA) is 0 Å². The Hall–Kier alpha value is -6.24. The summed E-state index contributed by atoms with van der Waals surface area (Å²) in [7, 11) is 0. The molecule has 0 N–H and O–H groups in total. The second-order valence-electron chi connectivity index (χ2n) is 12.9. The summed E-state index contributed by atoms with van der Waals surface area (Å²) < 4.78 is 0. The molecular formula is C48H30. The van der Waals surface area contributed by atoms with Gasteiger partial charge in [-0.25, -0.2) is 0 Å². The maximum absolute atomic E-state index is 2.41. The summed E-state index contributed by atoms with van der Waals surface area (Å²) in [4.78, 5) is 0. The molecule has 0 heterocycles. The molecule has 0 spiro atoms. The average molecular weight is 607 g/mol. The van der Waals surface area contributed by atoms with Crippen molar-refractivity contribution in [1.82, 2.24) is 0 Å². The van der Waals surface area contributed by atoms with Gasteiger partial charge in [0, 0.05) is 0 Å². The van der Waals surface area contributed by atoms with E-state index in [1.54, 1.807) is 0 Å². The molecule has 48 heavy (non-hydrogen) atoms. The molecule has 0 nitrogen and oxygen atoms in total. The minimum Gasteiger partial charge on any atom is -0.0622 e. The van der Waals surface area contributed by atoms with Gasteiger partial charge >= 0.3 is 0 Å². The lowest BCUT2D eigenvalue weighted by Crippen LogP contribution is -1.94. The van der Waals surface area contributed by atoms with Gasteiger partial charge < -0.3 is 0 Å². The summed E-state index contributed by atoms with van der Waals surface area (Å²) in [6.45, 7) is 0. The largest absolute Gasteiger partial charge is 0.0622 e. The molecular weight excluding hydrogens is 577 g/mol. The molecule has 0 aliphatic carbocycles. The van der Waals surface area contributed by atoms with Crippen molar-refractivity contribution in [3.8, 4) is 33.4 Å². The molecule has 0 aliphatic heterocycles. The lowest BCUT2D eigenvalue weighted by Gasteiger charge is -2.21. The van der Waals surface area contributed by atoms with Crippen LogP contribution >= 0.6 is 0 Å². The molecule has 0 radical (unpaired) electrons. The van der Waals surface area contributed by atoms with Crippen LogP contribution in [0.3, 0.4) is 0 Å². The molecule has 0 heteroatoms. The van der Waals surface area contributed by atoms with Crippen LogP contribution in [0.2, 0.25) is 0 Å². The average Bonchev–Trinajstić information content (AvgIpc) is 3.15. The number of fused-ring (bicyclic) bond motifs is 7. The Balaban J connectivity index is 1.42. The van der Waals surface area contributed by atoms with Gasteiger partial charge in [-0.1, -0.05) is 158 Å². The van der Waals surface area contributed by atoms with Crippen molar-refractivity contribution in [3.05, 3.63) is 182 Å². The van der Waals surface area contributed by atoms with Gasteiger partial charge in [0.25, 0.3) is 0 Å². The van der Waals surface area contributed by atoms with Crippen molar-refractivity contribution in [1.29, 1.82) is 0 Å². The zero-order valence-electron chi connectivity index (χ0n) is 26.3. The normalized spacial score (nSPS) is 11.8. The van der Waals surface area contributed by atoms with Gasteiger partial charge in [0.15, 0.2) is 0 Å². The summed E-state index contributed by atoms with van der Waals surface area (Å²) in [6, 6.07) is 67.3. The van der Waals surface area contributed by atoms with Gasteiger partial charge in [0.2, 0.25) is 0 Å². The van der Waals surface area contributed by atoms with Gasteiger partial charge in [-0.15, -0.1) is 0 Å². The summed E-state index contributed by atoms with van der Waals surface area (Å²) >= 11 is 0. The molecule has 0 saturated heterocycles. The first-order chi connectivity index (χ1) is 23.8. The summed E-state index contributed by atoms with van der Waals surface area (Å²) in [5, 5.41) is 15.1. The van der Waals surface area contributed by atoms with Crippen molar-refractivity contribution in [2.24, 2.45) is 0 Å². The first-order valence-electron chi connectivity index (χ1n) is 16.7. The van der Waals surface area contributed by atoms with E-state index in [-0.39, 0.29) is 0 Å². The van der Waals surface area contributed by atoms with E-state index in [4.69, 9.17) is 0 Å². The second kappa shape index (κ2) is 10.7. The molecule has 0 amide bonds. The third-order valence-corrected chi connectivity index (χ3v) is 10.2. The van der Waals surface area contributed by atoms with Gasteiger partial charge in [-0.05, 0) is 122 Å². The van der Waals surface area contributed by atoms with E-state index >= 15 is 0 Å². The fourth-order valence-corrected chi connectivity index (χ4v) is 7.94. The summed E-state index contributed by atoms with van der Waals surface area (Å²) in [5.74, 6) is 0. The Morgan fingerprint density at radius 1 is 0.229 bits per heavy atom. The Morgan fingerprint density at radius 2 is 0.729 bits per heavy atom. The van der Waals surface area contributed by atoms with Crippen LogP contribution in [-0.4, -0.2) is 0 Å². The van der Waals surface area contributed by atoms with Crippen molar-refractivity contribution >= 4 is 64.6 Å². The molecule has 10 aromatic rings. The second-order valence-corrected chi connectivity index (χ2v) is 12.9. The number of rotatable bonds is 3. The Labute approximate surface area is 279 Å². The fourth-order valence-electron chi connectivity index (χ4n) is 7.94. The van der Waals surface area contributed by atoms with Gasteiger partial charge in [0.1, 0.15) is 0 Å². The lowest BCUT2D eigenvalue weighted by atomic mass is 9.82. The third kappa shape index (κ3) is 4.16. The third-order valence-electron chi connectivity index (χ3n) is 10.2. The molecule has 0 aliphatic rings. The standard InChI is InChI=1S/C48H30/c1-2-11-31(12-3-1)41-25-23-32-13-8-9-19-40(32)47(41)43-26-24-39-28-35-15-5-7-17-37(35)30-45(39)48(43)42-20-10-18-33-21-22-38-27-34-14-4-6-16-36(34)29-44(38)46(33)42/h1-30H. The highest BCUT2D eigenvalue weighted by atomic mass is 14.2. The summed E-state index contributed by atoms with van der Waals surface area (Å²) in [6.07, 6.45) is 0. The molecule has 0 unspecified atom stereocenters. The smallest absolute Gasteiger partial charge is 0.00197 e. The first kappa shape index (κ1) is 26.9. The summed E-state index contributed by atoms with van der Waals surface area (Å²) in [5.41, 5.74) is 7.52. The molecule has 10 aromatic carbocycles. The molecule has 0 saturated carbocycles. The maximum atomic E-state index is 2.41. The van der Waals surface area contributed by atoms with E-state index in [1.165, 1.54) is 98.0 Å². The van der Waals surface area contributed by atoms with Gasteiger partial charge in [0.05, 0.1) is 0 Å². The minimum atomic E-state index is 1.22. The van der Waals surface area contributed by atoms with Crippen LogP contribution in [0.15, 0.2) is 182 Å². The van der Waals surface area contributed by atoms with Crippen molar-refractivity contribution < 1.29 is 0 Å². The van der Waals surface area contributed by atoms with E-state index in [0.29, 0.717) is 0 Å². The molecule has 0 bridgehead atoms. The van der Waals surface area contributed by atoms with Crippen LogP contribution in [0.25, 0.3) is 98.0 Å². The molecule has 0 fully saturated rings. The highest BCUT2D eigenvalue weighted by Crippen LogP contribution is 2.48. The maximum Gasteiger partial charge on any atom is -0.00197 e.